The molecular formula is C19H24N2O6S. The summed E-state index contributed by atoms with van der Waals surface area (Å²) < 4.78 is 10.4. The molecule has 1 fully saturated rings. The van der Waals surface area contributed by atoms with Crippen LogP contribution in [0.15, 0.2) is 30.3 Å². The first-order valence-corrected chi connectivity index (χ1v) is 10.4. The van der Waals surface area contributed by atoms with Crippen molar-refractivity contribution in [1.29, 1.82) is 0 Å². The Balaban J connectivity index is 1.82. The van der Waals surface area contributed by atoms with Gasteiger partial charge >= 0.3 is 5.97 Å². The molecule has 8 nitrogen and oxygen atoms in total. The van der Waals surface area contributed by atoms with Crippen LogP contribution in [0.25, 0.3) is 0 Å². The third-order valence-corrected chi connectivity index (χ3v) is 4.70. The van der Waals surface area contributed by atoms with Crippen molar-refractivity contribution in [3.63, 3.8) is 0 Å². The van der Waals surface area contributed by atoms with Gasteiger partial charge in [-0.15, -0.1) is 0 Å². The minimum absolute atomic E-state index is 0.242. The first-order valence-electron chi connectivity index (χ1n) is 8.97. The lowest BCUT2D eigenvalue weighted by atomic mass is 10.2. The highest BCUT2D eigenvalue weighted by Gasteiger charge is 2.28. The van der Waals surface area contributed by atoms with E-state index in [9.17, 15) is 19.2 Å². The van der Waals surface area contributed by atoms with Crippen molar-refractivity contribution in [2.24, 2.45) is 0 Å². The summed E-state index contributed by atoms with van der Waals surface area (Å²) >= 11 is 1.52. The van der Waals surface area contributed by atoms with E-state index in [-0.39, 0.29) is 12.5 Å². The van der Waals surface area contributed by atoms with Gasteiger partial charge in [-0.25, -0.2) is 4.79 Å². The molecule has 3 amide bonds. The zero-order valence-corrected chi connectivity index (χ0v) is 16.5. The maximum Gasteiger partial charge on any atom is 0.329 e. The fourth-order valence-corrected chi connectivity index (χ4v) is 3.08. The molecule has 2 rings (SSSR count). The molecule has 152 valence electrons. The number of thioether (sulfide) groups is 1. The third-order valence-electron chi connectivity index (χ3n) is 4.06. The van der Waals surface area contributed by atoms with Gasteiger partial charge in [0, 0.05) is 13.0 Å². The molecule has 0 radical (unpaired) electrons. The molecule has 0 unspecified atom stereocenters. The van der Waals surface area contributed by atoms with Crippen molar-refractivity contribution < 1.29 is 28.7 Å². The van der Waals surface area contributed by atoms with Crippen LogP contribution in [-0.4, -0.2) is 66.4 Å². The van der Waals surface area contributed by atoms with Crippen molar-refractivity contribution in [2.45, 2.75) is 25.3 Å². The van der Waals surface area contributed by atoms with Gasteiger partial charge < -0.3 is 14.8 Å². The quantitative estimate of drug-likeness (QED) is 0.576. The van der Waals surface area contributed by atoms with Gasteiger partial charge in [-0.3, -0.25) is 19.3 Å². The number of carbonyl (C=O) groups excluding carboxylic acids is 4. The second-order valence-corrected chi connectivity index (χ2v) is 7.14. The lowest BCUT2D eigenvalue weighted by molar-refractivity contribution is -0.156. The zero-order valence-electron chi connectivity index (χ0n) is 15.7. The smallest absolute Gasteiger partial charge is 0.329 e. The van der Waals surface area contributed by atoms with Crippen molar-refractivity contribution in [3.8, 4) is 5.75 Å². The first-order chi connectivity index (χ1) is 13.5. The average molecular weight is 408 g/mol. The van der Waals surface area contributed by atoms with E-state index in [1.165, 1.54) is 11.8 Å². The minimum atomic E-state index is -0.888. The largest absolute Gasteiger partial charge is 0.484 e. The number of nitrogens with one attached hydrogen (secondary N) is 1. The summed E-state index contributed by atoms with van der Waals surface area (Å²) in [5, 5.41) is 2.58. The molecule has 1 N–H and O–H groups in total. The molecule has 9 heteroatoms. The number of para-hydroxylation sites is 1. The lowest BCUT2D eigenvalue weighted by Gasteiger charge is -2.18. The van der Waals surface area contributed by atoms with Gasteiger partial charge in [0.25, 0.3) is 11.8 Å². The standard InChI is InChI=1S/C19H24N2O6S/c1-28-11-9-15(20-16(22)12-26-14-6-3-2-4-7-14)19(25)27-13-18(24)21-10-5-8-17(21)23/h2-4,6-7,15H,5,8-13H2,1H3,(H,20,22)/t15-/m1/s1. The van der Waals surface area contributed by atoms with Crippen LogP contribution in [0, 0.1) is 0 Å². The second kappa shape index (κ2) is 11.3. The van der Waals surface area contributed by atoms with Crippen LogP contribution in [-0.2, 0) is 23.9 Å². The molecule has 0 saturated carbocycles. The van der Waals surface area contributed by atoms with Gasteiger partial charge in [-0.05, 0) is 37.0 Å². The maximum atomic E-state index is 12.3. The number of hydrogen-bond acceptors (Lipinski definition) is 7. The van der Waals surface area contributed by atoms with Crippen molar-refractivity contribution >= 4 is 35.5 Å². The molecule has 1 aromatic carbocycles. The summed E-state index contributed by atoms with van der Waals surface area (Å²) in [6.07, 6.45) is 3.18. The van der Waals surface area contributed by atoms with E-state index in [4.69, 9.17) is 9.47 Å². The molecule has 1 aliphatic heterocycles. The highest BCUT2D eigenvalue weighted by Crippen LogP contribution is 2.11. The van der Waals surface area contributed by atoms with E-state index in [0.29, 0.717) is 37.3 Å². The second-order valence-electron chi connectivity index (χ2n) is 6.15. The Hall–Kier alpha value is -2.55. The van der Waals surface area contributed by atoms with Gasteiger partial charge in [0.1, 0.15) is 11.8 Å². The Kier molecular flexibility index (Phi) is 8.80. The average Bonchev–Trinajstić information content (AvgIpc) is 3.14. The highest BCUT2D eigenvalue weighted by atomic mass is 32.2. The molecule has 1 aromatic rings. The van der Waals surface area contributed by atoms with Gasteiger partial charge in [-0.1, -0.05) is 18.2 Å². The number of amides is 3. The molecular weight excluding hydrogens is 384 g/mol. The van der Waals surface area contributed by atoms with Crippen molar-refractivity contribution in [3.05, 3.63) is 30.3 Å². The Labute approximate surface area is 167 Å². The summed E-state index contributed by atoms with van der Waals surface area (Å²) in [6, 6.07) is 7.96. The minimum Gasteiger partial charge on any atom is -0.484 e. The number of rotatable bonds is 10. The molecule has 0 spiro atoms. The molecule has 1 aliphatic rings. The number of nitrogens with zero attached hydrogens (tertiary/aromatic N) is 1. The highest BCUT2D eigenvalue weighted by molar-refractivity contribution is 7.98. The Morgan fingerprint density at radius 1 is 1.21 bits per heavy atom. The summed E-state index contributed by atoms with van der Waals surface area (Å²) in [6.45, 7) is -0.413. The molecule has 0 aromatic heterocycles. The van der Waals surface area contributed by atoms with Crippen LogP contribution in [0.4, 0.5) is 0 Å². The molecule has 1 saturated heterocycles. The van der Waals surface area contributed by atoms with Crippen LogP contribution in [0.2, 0.25) is 0 Å². The number of hydrogen-bond donors (Lipinski definition) is 1. The zero-order chi connectivity index (χ0) is 20.4. The van der Waals surface area contributed by atoms with Gasteiger partial charge in [0.05, 0.1) is 0 Å². The van der Waals surface area contributed by atoms with E-state index in [0.717, 1.165) is 4.90 Å². The van der Waals surface area contributed by atoms with E-state index in [1.807, 2.05) is 12.3 Å². The Morgan fingerprint density at radius 3 is 2.61 bits per heavy atom. The summed E-state index contributed by atoms with van der Waals surface area (Å²) in [5.41, 5.74) is 0. The summed E-state index contributed by atoms with van der Waals surface area (Å²) in [5.74, 6) is -0.806. The van der Waals surface area contributed by atoms with E-state index in [1.54, 1.807) is 24.3 Å². The van der Waals surface area contributed by atoms with E-state index < -0.39 is 30.4 Å². The monoisotopic (exact) mass is 408 g/mol. The van der Waals surface area contributed by atoms with Gasteiger partial charge in [0.15, 0.2) is 13.2 Å². The number of imide groups is 1. The fraction of sp³-hybridized carbons (Fsp3) is 0.474. The number of carbonyl (C=O) groups is 4. The van der Waals surface area contributed by atoms with Crippen LogP contribution in [0.3, 0.4) is 0 Å². The van der Waals surface area contributed by atoms with Crippen LogP contribution < -0.4 is 10.1 Å². The first kappa shape index (κ1) is 21.7. The predicted molar refractivity (Wildman–Crippen MR) is 104 cm³/mol. The van der Waals surface area contributed by atoms with Crippen LogP contribution >= 0.6 is 11.8 Å². The third kappa shape index (κ3) is 6.88. The van der Waals surface area contributed by atoms with E-state index in [2.05, 4.69) is 5.32 Å². The molecule has 28 heavy (non-hydrogen) atoms. The Bertz CT molecular complexity index is 697. The van der Waals surface area contributed by atoms with Crippen LogP contribution in [0.5, 0.6) is 5.75 Å². The molecule has 0 aliphatic carbocycles. The van der Waals surface area contributed by atoms with Crippen LogP contribution in [0.1, 0.15) is 19.3 Å². The molecule has 0 bridgehead atoms. The summed E-state index contributed by atoms with van der Waals surface area (Å²) in [7, 11) is 0. The molecule has 1 heterocycles. The van der Waals surface area contributed by atoms with Gasteiger partial charge in [-0.2, -0.15) is 11.8 Å². The lowest BCUT2D eigenvalue weighted by Crippen LogP contribution is -2.45. The number of benzene rings is 1. The SMILES string of the molecule is CSCC[C@@H](NC(=O)COc1ccccc1)C(=O)OCC(=O)N1CCCC1=O. The number of ether oxygens (including phenoxy) is 2. The van der Waals surface area contributed by atoms with E-state index >= 15 is 0 Å². The molecule has 1 atom stereocenters. The number of esters is 1. The van der Waals surface area contributed by atoms with Crippen molar-refractivity contribution in [2.75, 3.05) is 31.8 Å². The van der Waals surface area contributed by atoms with Gasteiger partial charge in [0.2, 0.25) is 5.91 Å². The fourth-order valence-electron chi connectivity index (χ4n) is 2.61. The predicted octanol–water partition coefficient (Wildman–Crippen LogP) is 0.996. The topological polar surface area (TPSA) is 102 Å². The number of likely N-dealkylation sites (tertiary alicyclic amines) is 1. The normalized spacial score (nSPS) is 14.5. The van der Waals surface area contributed by atoms with Crippen molar-refractivity contribution in [1.82, 2.24) is 10.2 Å². The Morgan fingerprint density at radius 2 is 1.96 bits per heavy atom. The maximum absolute atomic E-state index is 12.3. The summed E-state index contributed by atoms with van der Waals surface area (Å²) in [4.78, 5) is 49.1.